The molecule has 2 heterocycles. The van der Waals surface area contributed by atoms with E-state index >= 15 is 0 Å². The van der Waals surface area contributed by atoms with Crippen molar-refractivity contribution in [2.24, 2.45) is 0 Å². The first-order valence-corrected chi connectivity index (χ1v) is 9.87. The van der Waals surface area contributed by atoms with Gasteiger partial charge in [0.25, 0.3) is 0 Å². The molecule has 0 unspecified atom stereocenters. The van der Waals surface area contributed by atoms with Crippen LogP contribution < -0.4 is 5.32 Å². The van der Waals surface area contributed by atoms with Crippen LogP contribution in [0.5, 0.6) is 0 Å². The summed E-state index contributed by atoms with van der Waals surface area (Å²) < 4.78 is 26.8. The Labute approximate surface area is 156 Å². The summed E-state index contributed by atoms with van der Waals surface area (Å²) in [4.78, 5) is 18.7. The number of carbonyl (C=O) groups excluding carboxylic acids is 1. The first-order chi connectivity index (χ1) is 12.6. The van der Waals surface area contributed by atoms with Gasteiger partial charge in [0.15, 0.2) is 0 Å². The minimum absolute atomic E-state index is 0.0606. The van der Waals surface area contributed by atoms with Crippen molar-refractivity contribution in [1.29, 1.82) is 0 Å². The lowest BCUT2D eigenvalue weighted by Crippen LogP contribution is -2.26. The van der Waals surface area contributed by atoms with Crippen LogP contribution >= 0.6 is 11.3 Å². The number of hydrogen-bond acceptors (Lipinski definition) is 4. The Morgan fingerprint density at radius 2 is 1.96 bits per heavy atom. The number of nitrogens with one attached hydrogen (secondary N) is 1. The zero-order chi connectivity index (χ0) is 18.4. The Balaban J connectivity index is 1.48. The van der Waals surface area contributed by atoms with Gasteiger partial charge in [-0.05, 0) is 51.0 Å². The van der Waals surface area contributed by atoms with E-state index in [-0.39, 0.29) is 11.5 Å². The molecule has 4 nitrogen and oxygen atoms in total. The highest BCUT2D eigenvalue weighted by atomic mass is 32.1. The first kappa shape index (κ1) is 18.9. The number of anilines is 1. The van der Waals surface area contributed by atoms with E-state index in [1.54, 1.807) is 0 Å². The maximum atomic E-state index is 13.8. The number of rotatable bonds is 6. The topological polar surface area (TPSA) is 45.2 Å². The minimum Gasteiger partial charge on any atom is -0.316 e. The van der Waals surface area contributed by atoms with E-state index in [2.05, 4.69) is 15.2 Å². The number of aromatic nitrogens is 1. The van der Waals surface area contributed by atoms with Crippen LogP contribution in [-0.4, -0.2) is 35.4 Å². The van der Waals surface area contributed by atoms with Gasteiger partial charge in [0.05, 0.1) is 6.20 Å². The van der Waals surface area contributed by atoms with E-state index in [4.69, 9.17) is 0 Å². The predicted molar refractivity (Wildman–Crippen MR) is 100 cm³/mol. The van der Waals surface area contributed by atoms with Gasteiger partial charge in [-0.25, -0.2) is 13.8 Å². The second kappa shape index (κ2) is 9.19. The number of halogens is 2. The predicted octanol–water partition coefficient (Wildman–Crippen LogP) is 4.68. The second-order valence-corrected chi connectivity index (χ2v) is 7.59. The Hall–Kier alpha value is -1.86. The van der Waals surface area contributed by atoms with Gasteiger partial charge in [-0.1, -0.05) is 24.2 Å². The molecule has 1 aromatic heterocycles. The van der Waals surface area contributed by atoms with E-state index in [0.29, 0.717) is 16.4 Å². The molecule has 1 aliphatic rings. The Bertz CT molecular complexity index is 742. The normalized spacial score (nSPS) is 15.6. The van der Waals surface area contributed by atoms with Gasteiger partial charge >= 0.3 is 0 Å². The SMILES string of the molecule is O=C(CCCN1CCCCCC1)Nc1cnc(-c2ccc(F)cc2F)s1. The summed E-state index contributed by atoms with van der Waals surface area (Å²) in [5.74, 6) is -1.34. The standard InChI is InChI=1S/C19H23F2N3OS/c20-14-7-8-15(16(21)12-14)19-22-13-18(26-19)23-17(25)6-5-11-24-9-3-1-2-4-10-24/h7-8,12-13H,1-6,9-11H2,(H,23,25). The van der Waals surface area contributed by atoms with E-state index in [0.717, 1.165) is 32.1 Å². The van der Waals surface area contributed by atoms with Gasteiger partial charge in [-0.15, -0.1) is 0 Å². The third kappa shape index (κ3) is 5.32. The average molecular weight is 379 g/mol. The molecule has 3 rings (SSSR count). The van der Waals surface area contributed by atoms with Crippen LogP contribution in [0.2, 0.25) is 0 Å². The molecule has 0 bridgehead atoms. The Morgan fingerprint density at radius 3 is 2.69 bits per heavy atom. The summed E-state index contributed by atoms with van der Waals surface area (Å²) >= 11 is 1.18. The van der Waals surface area contributed by atoms with Crippen molar-refractivity contribution in [1.82, 2.24) is 9.88 Å². The molecule has 1 aromatic carbocycles. The number of hydrogen-bond donors (Lipinski definition) is 1. The van der Waals surface area contributed by atoms with E-state index in [1.807, 2.05) is 0 Å². The average Bonchev–Trinajstić information content (AvgIpc) is 2.89. The minimum atomic E-state index is -0.658. The van der Waals surface area contributed by atoms with Crippen LogP contribution in [0.25, 0.3) is 10.6 Å². The van der Waals surface area contributed by atoms with E-state index in [9.17, 15) is 13.6 Å². The number of nitrogens with zero attached hydrogens (tertiary/aromatic N) is 2. The smallest absolute Gasteiger partial charge is 0.225 e. The molecule has 7 heteroatoms. The molecular weight excluding hydrogens is 356 g/mol. The van der Waals surface area contributed by atoms with Crippen molar-refractivity contribution in [3.63, 3.8) is 0 Å². The molecule has 1 N–H and O–H groups in total. The van der Waals surface area contributed by atoms with Gasteiger partial charge in [0.1, 0.15) is 21.6 Å². The zero-order valence-electron chi connectivity index (χ0n) is 14.6. The van der Waals surface area contributed by atoms with Crippen molar-refractivity contribution < 1.29 is 13.6 Å². The Morgan fingerprint density at radius 1 is 1.19 bits per heavy atom. The van der Waals surface area contributed by atoms with Gasteiger partial charge < -0.3 is 10.2 Å². The molecule has 2 aromatic rings. The number of carbonyl (C=O) groups is 1. The lowest BCUT2D eigenvalue weighted by molar-refractivity contribution is -0.116. The molecule has 1 amide bonds. The summed E-state index contributed by atoms with van der Waals surface area (Å²) in [6.07, 6.45) is 7.89. The fourth-order valence-electron chi connectivity index (χ4n) is 3.14. The van der Waals surface area contributed by atoms with Crippen molar-refractivity contribution in [2.75, 3.05) is 25.0 Å². The van der Waals surface area contributed by atoms with Crippen molar-refractivity contribution in [2.45, 2.75) is 38.5 Å². The molecule has 1 aliphatic heterocycles. The molecular formula is C19H23F2N3OS. The van der Waals surface area contributed by atoms with Gasteiger partial charge in [-0.3, -0.25) is 4.79 Å². The van der Waals surface area contributed by atoms with Crippen LogP contribution in [0.3, 0.4) is 0 Å². The molecule has 0 atom stereocenters. The van der Waals surface area contributed by atoms with Crippen LogP contribution in [-0.2, 0) is 4.79 Å². The second-order valence-electron chi connectivity index (χ2n) is 6.56. The molecule has 0 spiro atoms. The van der Waals surface area contributed by atoms with Crippen LogP contribution in [0.15, 0.2) is 24.4 Å². The summed E-state index contributed by atoms with van der Waals surface area (Å²) in [6, 6.07) is 3.38. The highest BCUT2D eigenvalue weighted by Gasteiger charge is 2.13. The fourth-order valence-corrected chi connectivity index (χ4v) is 4.00. The highest BCUT2D eigenvalue weighted by Crippen LogP contribution is 2.30. The third-order valence-corrected chi connectivity index (χ3v) is 5.45. The number of benzene rings is 1. The van der Waals surface area contributed by atoms with Gasteiger partial charge in [0.2, 0.25) is 5.91 Å². The Kier molecular flexibility index (Phi) is 6.68. The van der Waals surface area contributed by atoms with Crippen molar-refractivity contribution >= 4 is 22.2 Å². The number of thiazole rings is 1. The lowest BCUT2D eigenvalue weighted by Gasteiger charge is -2.19. The molecule has 0 aliphatic carbocycles. The molecule has 26 heavy (non-hydrogen) atoms. The molecule has 1 saturated heterocycles. The van der Waals surface area contributed by atoms with Crippen LogP contribution in [0, 0.1) is 11.6 Å². The maximum absolute atomic E-state index is 13.8. The third-order valence-electron chi connectivity index (χ3n) is 4.51. The van der Waals surface area contributed by atoms with Crippen LogP contribution in [0.4, 0.5) is 13.8 Å². The highest BCUT2D eigenvalue weighted by molar-refractivity contribution is 7.19. The monoisotopic (exact) mass is 379 g/mol. The summed E-state index contributed by atoms with van der Waals surface area (Å²) in [7, 11) is 0. The first-order valence-electron chi connectivity index (χ1n) is 9.05. The van der Waals surface area contributed by atoms with Crippen molar-refractivity contribution in [3.05, 3.63) is 36.0 Å². The summed E-state index contributed by atoms with van der Waals surface area (Å²) in [6.45, 7) is 3.20. The van der Waals surface area contributed by atoms with E-state index < -0.39 is 11.6 Å². The molecule has 140 valence electrons. The zero-order valence-corrected chi connectivity index (χ0v) is 15.5. The largest absolute Gasteiger partial charge is 0.316 e. The maximum Gasteiger partial charge on any atom is 0.225 e. The number of likely N-dealkylation sites (tertiary alicyclic amines) is 1. The van der Waals surface area contributed by atoms with E-state index in [1.165, 1.54) is 55.3 Å². The molecule has 0 saturated carbocycles. The summed E-state index contributed by atoms with van der Waals surface area (Å²) in [5.41, 5.74) is 0.234. The van der Waals surface area contributed by atoms with Gasteiger partial charge in [0, 0.05) is 18.1 Å². The van der Waals surface area contributed by atoms with Crippen molar-refractivity contribution in [3.8, 4) is 10.6 Å². The fraction of sp³-hybridized carbons (Fsp3) is 0.474. The lowest BCUT2D eigenvalue weighted by atomic mass is 10.2. The van der Waals surface area contributed by atoms with Gasteiger partial charge in [-0.2, -0.15) is 0 Å². The molecule has 0 radical (unpaired) electrons. The van der Waals surface area contributed by atoms with Crippen LogP contribution in [0.1, 0.15) is 38.5 Å². The number of amides is 1. The quantitative estimate of drug-likeness (QED) is 0.792. The summed E-state index contributed by atoms with van der Waals surface area (Å²) in [5, 5.41) is 3.81. The molecule has 1 fully saturated rings.